The van der Waals surface area contributed by atoms with E-state index in [1.165, 1.54) is 10.9 Å². The first-order valence-electron chi connectivity index (χ1n) is 5.05. The maximum atomic E-state index is 11.8. The van der Waals surface area contributed by atoms with Crippen molar-refractivity contribution < 1.29 is 8.42 Å². The number of nitrogens with zero attached hydrogens (tertiary/aromatic N) is 2. The maximum Gasteiger partial charge on any atom is 0.261 e. The second-order valence-corrected chi connectivity index (χ2v) is 5.86. The highest BCUT2D eigenvalue weighted by atomic mass is 35.5. The summed E-state index contributed by atoms with van der Waals surface area (Å²) in [6.07, 6.45) is 2.29. The molecule has 16 heavy (non-hydrogen) atoms. The van der Waals surface area contributed by atoms with Gasteiger partial charge in [0.15, 0.2) is 0 Å². The van der Waals surface area contributed by atoms with E-state index < -0.39 is 10.0 Å². The van der Waals surface area contributed by atoms with Gasteiger partial charge in [0.05, 0.1) is 6.33 Å². The number of aryl methyl sites for hydroxylation is 1. The van der Waals surface area contributed by atoms with Crippen molar-refractivity contribution in [1.82, 2.24) is 14.3 Å². The SMILES string of the molecule is CCC(C)CNS(=O)(=O)c1ncn(C)c1Cl. The molecule has 1 heterocycles. The van der Waals surface area contributed by atoms with E-state index in [1.807, 2.05) is 13.8 Å². The van der Waals surface area contributed by atoms with Crippen LogP contribution < -0.4 is 4.72 Å². The van der Waals surface area contributed by atoms with Crippen molar-refractivity contribution >= 4 is 21.6 Å². The van der Waals surface area contributed by atoms with Gasteiger partial charge < -0.3 is 4.57 Å². The van der Waals surface area contributed by atoms with Crippen molar-refractivity contribution in [2.75, 3.05) is 6.54 Å². The Labute approximate surface area is 101 Å². The molecule has 1 unspecified atom stereocenters. The van der Waals surface area contributed by atoms with Gasteiger partial charge in [-0.1, -0.05) is 31.9 Å². The highest BCUT2D eigenvalue weighted by Crippen LogP contribution is 2.18. The number of aromatic nitrogens is 2. The molecule has 1 aromatic heterocycles. The van der Waals surface area contributed by atoms with Crippen molar-refractivity contribution in [3.05, 3.63) is 11.5 Å². The normalized spacial score (nSPS) is 14.0. The zero-order valence-corrected chi connectivity index (χ0v) is 11.1. The number of imidazole rings is 1. The maximum absolute atomic E-state index is 11.8. The summed E-state index contributed by atoms with van der Waals surface area (Å²) in [4.78, 5) is 3.77. The van der Waals surface area contributed by atoms with E-state index in [0.717, 1.165) is 6.42 Å². The van der Waals surface area contributed by atoms with Crippen LogP contribution in [-0.2, 0) is 17.1 Å². The fraction of sp³-hybridized carbons (Fsp3) is 0.667. The van der Waals surface area contributed by atoms with Gasteiger partial charge in [-0.2, -0.15) is 0 Å². The average Bonchev–Trinajstić information content (AvgIpc) is 2.57. The number of sulfonamides is 1. The fourth-order valence-corrected chi connectivity index (χ4v) is 2.63. The van der Waals surface area contributed by atoms with Gasteiger partial charge in [0.25, 0.3) is 10.0 Å². The molecule has 0 aliphatic rings. The summed E-state index contributed by atoms with van der Waals surface area (Å²) < 4.78 is 27.6. The van der Waals surface area contributed by atoms with Crippen molar-refractivity contribution in [3.63, 3.8) is 0 Å². The lowest BCUT2D eigenvalue weighted by Crippen LogP contribution is -2.28. The molecule has 7 heteroatoms. The molecule has 0 saturated carbocycles. The molecule has 5 nitrogen and oxygen atoms in total. The quantitative estimate of drug-likeness (QED) is 0.875. The lowest BCUT2D eigenvalue weighted by atomic mass is 10.1. The number of hydrogen-bond donors (Lipinski definition) is 1. The Bertz CT molecular complexity index is 455. The van der Waals surface area contributed by atoms with E-state index >= 15 is 0 Å². The summed E-state index contributed by atoms with van der Waals surface area (Å²) in [5, 5.41) is 0.0108. The summed E-state index contributed by atoms with van der Waals surface area (Å²) in [6.45, 7) is 4.38. The molecule has 0 radical (unpaired) electrons. The molecule has 92 valence electrons. The lowest BCUT2D eigenvalue weighted by Gasteiger charge is -2.09. The minimum Gasteiger partial charge on any atom is -0.324 e. The van der Waals surface area contributed by atoms with Crippen LogP contribution in [0.2, 0.25) is 5.15 Å². The molecule has 1 aromatic rings. The number of hydrogen-bond acceptors (Lipinski definition) is 3. The van der Waals surface area contributed by atoms with Gasteiger partial charge in [-0.15, -0.1) is 0 Å². The molecule has 0 aromatic carbocycles. The summed E-state index contributed by atoms with van der Waals surface area (Å²) in [6, 6.07) is 0. The number of halogens is 1. The van der Waals surface area contributed by atoms with Crippen molar-refractivity contribution in [3.8, 4) is 0 Å². The predicted molar refractivity (Wildman–Crippen MR) is 62.9 cm³/mol. The molecule has 0 spiro atoms. The molecular formula is C9H16ClN3O2S. The molecule has 0 amide bonds. The van der Waals surface area contributed by atoms with Gasteiger partial charge in [0.2, 0.25) is 5.03 Å². The molecule has 0 bridgehead atoms. The van der Waals surface area contributed by atoms with Crippen LogP contribution in [0.25, 0.3) is 0 Å². The third kappa shape index (κ3) is 2.96. The van der Waals surface area contributed by atoms with E-state index in [4.69, 9.17) is 11.6 Å². The third-order valence-electron chi connectivity index (χ3n) is 2.41. The van der Waals surface area contributed by atoms with Crippen LogP contribution in [0, 0.1) is 5.92 Å². The summed E-state index contributed by atoms with van der Waals surface area (Å²) in [7, 11) is -1.95. The second-order valence-electron chi connectivity index (χ2n) is 3.82. The van der Waals surface area contributed by atoms with Gasteiger partial charge in [0.1, 0.15) is 5.15 Å². The van der Waals surface area contributed by atoms with Crippen LogP contribution in [0.15, 0.2) is 11.4 Å². The average molecular weight is 266 g/mol. The zero-order valence-electron chi connectivity index (χ0n) is 9.57. The van der Waals surface area contributed by atoms with E-state index in [2.05, 4.69) is 9.71 Å². The Balaban J connectivity index is 2.83. The monoisotopic (exact) mass is 265 g/mol. The van der Waals surface area contributed by atoms with E-state index in [1.54, 1.807) is 7.05 Å². The van der Waals surface area contributed by atoms with E-state index in [9.17, 15) is 8.42 Å². The Morgan fingerprint density at radius 1 is 1.62 bits per heavy atom. The van der Waals surface area contributed by atoms with Crippen LogP contribution in [0.3, 0.4) is 0 Å². The summed E-state index contributed by atoms with van der Waals surface area (Å²) in [5.41, 5.74) is 0. The molecular weight excluding hydrogens is 250 g/mol. The van der Waals surface area contributed by atoms with Crippen molar-refractivity contribution in [2.45, 2.75) is 25.3 Å². The molecule has 1 atom stereocenters. The first-order valence-corrected chi connectivity index (χ1v) is 6.91. The van der Waals surface area contributed by atoms with Gasteiger partial charge in [-0.05, 0) is 5.92 Å². The molecule has 1 rings (SSSR count). The highest BCUT2D eigenvalue weighted by Gasteiger charge is 2.22. The smallest absolute Gasteiger partial charge is 0.261 e. The highest BCUT2D eigenvalue weighted by molar-refractivity contribution is 7.89. The van der Waals surface area contributed by atoms with Crippen molar-refractivity contribution in [1.29, 1.82) is 0 Å². The van der Waals surface area contributed by atoms with Crippen LogP contribution in [0.1, 0.15) is 20.3 Å². The Hall–Kier alpha value is -0.590. The topological polar surface area (TPSA) is 64.0 Å². The molecule has 0 aliphatic carbocycles. The molecule has 0 fully saturated rings. The first kappa shape index (κ1) is 13.5. The second kappa shape index (κ2) is 5.16. The van der Waals surface area contributed by atoms with Crippen LogP contribution >= 0.6 is 11.6 Å². The van der Waals surface area contributed by atoms with E-state index in [-0.39, 0.29) is 16.1 Å². The zero-order chi connectivity index (χ0) is 12.3. The predicted octanol–water partition coefficient (Wildman–Crippen LogP) is 1.40. The number of rotatable bonds is 5. The van der Waals surface area contributed by atoms with Gasteiger partial charge >= 0.3 is 0 Å². The minimum absolute atomic E-state index is 0.111. The standard InChI is InChI=1S/C9H16ClN3O2S/c1-4-7(2)5-12-16(14,15)9-8(10)13(3)6-11-9/h6-7,12H,4-5H2,1-3H3. The van der Waals surface area contributed by atoms with Crippen LogP contribution in [0.4, 0.5) is 0 Å². The molecule has 0 aliphatic heterocycles. The Morgan fingerprint density at radius 3 is 2.69 bits per heavy atom. The van der Waals surface area contributed by atoms with Gasteiger partial charge in [-0.25, -0.2) is 18.1 Å². The fourth-order valence-electron chi connectivity index (χ4n) is 1.04. The molecule has 0 saturated heterocycles. The Kier molecular flexibility index (Phi) is 4.35. The van der Waals surface area contributed by atoms with Gasteiger partial charge in [-0.3, -0.25) is 0 Å². The number of nitrogens with one attached hydrogen (secondary N) is 1. The summed E-state index contributed by atoms with van der Waals surface area (Å²) in [5.74, 6) is 0.289. The lowest BCUT2D eigenvalue weighted by molar-refractivity contribution is 0.527. The van der Waals surface area contributed by atoms with Crippen LogP contribution in [0.5, 0.6) is 0 Å². The Morgan fingerprint density at radius 2 is 2.25 bits per heavy atom. The van der Waals surface area contributed by atoms with E-state index in [0.29, 0.717) is 6.54 Å². The summed E-state index contributed by atoms with van der Waals surface area (Å²) >= 11 is 5.82. The minimum atomic E-state index is -3.59. The first-order chi connectivity index (χ1) is 7.38. The largest absolute Gasteiger partial charge is 0.324 e. The van der Waals surface area contributed by atoms with Gasteiger partial charge in [0, 0.05) is 13.6 Å². The molecule has 1 N–H and O–H groups in total. The third-order valence-corrected chi connectivity index (χ3v) is 4.32. The van der Waals surface area contributed by atoms with Crippen molar-refractivity contribution in [2.24, 2.45) is 13.0 Å². The van der Waals surface area contributed by atoms with Crippen LogP contribution in [-0.4, -0.2) is 24.5 Å².